The summed E-state index contributed by atoms with van der Waals surface area (Å²) in [6.45, 7) is 10.5. The molecule has 0 radical (unpaired) electrons. The fourth-order valence-electron chi connectivity index (χ4n) is 3.67. The number of anilines is 1. The largest absolute Gasteiger partial charge is 0.346 e. The Labute approximate surface area is 175 Å². The first kappa shape index (κ1) is 24.1. The molecular weight excluding hydrogens is 397 g/mol. The Balaban J connectivity index is 1.77. The van der Waals surface area contributed by atoms with Crippen LogP contribution in [0.15, 0.2) is 12.1 Å². The molecule has 1 aliphatic rings. The van der Waals surface area contributed by atoms with E-state index in [2.05, 4.69) is 34.3 Å². The van der Waals surface area contributed by atoms with Gasteiger partial charge < -0.3 is 15.5 Å². The molecule has 9 heteroatoms. The van der Waals surface area contributed by atoms with Crippen molar-refractivity contribution < 1.29 is 22.8 Å². The number of nitrogens with one attached hydrogen (secondary N) is 2. The van der Waals surface area contributed by atoms with Crippen molar-refractivity contribution in [2.75, 3.05) is 44.6 Å². The molecule has 0 spiro atoms. The van der Waals surface area contributed by atoms with Gasteiger partial charge in [-0.1, -0.05) is 13.8 Å². The lowest BCUT2D eigenvalue weighted by atomic mass is 9.95. The minimum absolute atomic E-state index is 0.307. The molecule has 1 atom stereocenters. The number of likely N-dealkylation sites (tertiary alicyclic amines) is 1. The molecule has 2 amide bonds. The number of rotatable bonds is 9. The SMILES string of the molecule is CCN(CC)CC1CCN([C@H](C)C(=O)NCC(=O)Nc2ccc(F)c(F)c2F)CC1. The molecule has 2 rings (SSSR count). The highest BCUT2D eigenvalue weighted by molar-refractivity contribution is 5.95. The van der Waals surface area contributed by atoms with Crippen molar-refractivity contribution in [2.24, 2.45) is 5.92 Å². The summed E-state index contributed by atoms with van der Waals surface area (Å²) in [5.74, 6) is -4.89. The lowest BCUT2D eigenvalue weighted by Crippen LogP contribution is -2.50. The third-order valence-electron chi connectivity index (χ3n) is 5.72. The lowest BCUT2D eigenvalue weighted by Gasteiger charge is -2.37. The number of carbonyl (C=O) groups is 2. The van der Waals surface area contributed by atoms with Crippen LogP contribution in [-0.4, -0.2) is 66.9 Å². The van der Waals surface area contributed by atoms with E-state index in [1.165, 1.54) is 0 Å². The van der Waals surface area contributed by atoms with Crippen LogP contribution in [0.2, 0.25) is 0 Å². The van der Waals surface area contributed by atoms with Crippen molar-refractivity contribution in [1.82, 2.24) is 15.1 Å². The van der Waals surface area contributed by atoms with E-state index in [0.29, 0.717) is 5.92 Å². The maximum atomic E-state index is 13.6. The van der Waals surface area contributed by atoms with E-state index in [1.54, 1.807) is 6.92 Å². The molecule has 1 fully saturated rings. The van der Waals surface area contributed by atoms with Gasteiger partial charge in [0.05, 0.1) is 18.3 Å². The number of halogens is 3. The molecule has 0 aromatic heterocycles. The first-order valence-electron chi connectivity index (χ1n) is 10.4. The Morgan fingerprint density at radius 3 is 2.37 bits per heavy atom. The summed E-state index contributed by atoms with van der Waals surface area (Å²) < 4.78 is 39.8. The van der Waals surface area contributed by atoms with Gasteiger partial charge in [-0.25, -0.2) is 13.2 Å². The van der Waals surface area contributed by atoms with Gasteiger partial charge in [0.1, 0.15) is 0 Å². The number of carbonyl (C=O) groups excluding carboxylic acids is 2. The van der Waals surface area contributed by atoms with Crippen LogP contribution in [0.25, 0.3) is 0 Å². The maximum absolute atomic E-state index is 13.6. The molecule has 1 heterocycles. The minimum atomic E-state index is -1.66. The first-order chi connectivity index (χ1) is 14.3. The summed E-state index contributed by atoms with van der Waals surface area (Å²) in [7, 11) is 0. The van der Waals surface area contributed by atoms with Gasteiger partial charge in [0.15, 0.2) is 17.5 Å². The van der Waals surface area contributed by atoms with Gasteiger partial charge in [-0.15, -0.1) is 0 Å². The molecule has 1 aliphatic heterocycles. The van der Waals surface area contributed by atoms with E-state index in [1.807, 2.05) is 0 Å². The van der Waals surface area contributed by atoms with E-state index in [4.69, 9.17) is 0 Å². The predicted octanol–water partition coefficient (Wildman–Crippen LogP) is 2.60. The summed E-state index contributed by atoms with van der Waals surface area (Å²) in [5.41, 5.74) is -0.475. The minimum Gasteiger partial charge on any atom is -0.346 e. The number of hydrogen-bond donors (Lipinski definition) is 2. The van der Waals surface area contributed by atoms with Crippen molar-refractivity contribution in [3.05, 3.63) is 29.6 Å². The zero-order valence-corrected chi connectivity index (χ0v) is 17.8. The number of hydrogen-bond acceptors (Lipinski definition) is 4. The quantitative estimate of drug-likeness (QED) is 0.594. The van der Waals surface area contributed by atoms with Crippen LogP contribution in [0.3, 0.4) is 0 Å². The molecule has 1 saturated heterocycles. The molecule has 6 nitrogen and oxygen atoms in total. The molecule has 0 aliphatic carbocycles. The van der Waals surface area contributed by atoms with Gasteiger partial charge in [0.25, 0.3) is 0 Å². The summed E-state index contributed by atoms with van der Waals surface area (Å²) in [6.07, 6.45) is 2.04. The molecule has 0 bridgehead atoms. The summed E-state index contributed by atoms with van der Waals surface area (Å²) in [5, 5.41) is 4.65. The van der Waals surface area contributed by atoms with Crippen LogP contribution < -0.4 is 10.6 Å². The fourth-order valence-corrected chi connectivity index (χ4v) is 3.67. The number of amides is 2. The highest BCUT2D eigenvalue weighted by Crippen LogP contribution is 2.21. The molecule has 1 aromatic rings. The number of piperidine rings is 1. The monoisotopic (exact) mass is 428 g/mol. The highest BCUT2D eigenvalue weighted by atomic mass is 19.2. The average molecular weight is 428 g/mol. The van der Waals surface area contributed by atoms with Gasteiger partial charge in [0.2, 0.25) is 11.8 Å². The topological polar surface area (TPSA) is 64.7 Å². The Hall–Kier alpha value is -2.13. The van der Waals surface area contributed by atoms with Crippen LogP contribution in [0.1, 0.15) is 33.6 Å². The van der Waals surface area contributed by atoms with Crippen molar-refractivity contribution >= 4 is 17.5 Å². The van der Waals surface area contributed by atoms with E-state index in [0.717, 1.165) is 57.7 Å². The molecule has 0 saturated carbocycles. The second-order valence-corrected chi connectivity index (χ2v) is 7.63. The smallest absolute Gasteiger partial charge is 0.243 e. The standard InChI is InChI=1S/C21H31F3N4O2/c1-4-27(5-2)13-15-8-10-28(11-9-15)14(3)21(30)25-12-18(29)26-17-7-6-16(22)19(23)20(17)24/h6-7,14-15H,4-5,8-13H2,1-3H3,(H,25,30)(H,26,29)/t14-/m1/s1. The Morgan fingerprint density at radius 1 is 1.13 bits per heavy atom. The zero-order chi connectivity index (χ0) is 22.3. The summed E-state index contributed by atoms with van der Waals surface area (Å²) >= 11 is 0. The molecule has 168 valence electrons. The second-order valence-electron chi connectivity index (χ2n) is 7.63. The molecule has 0 unspecified atom stereocenters. The van der Waals surface area contributed by atoms with Crippen molar-refractivity contribution in [3.8, 4) is 0 Å². The van der Waals surface area contributed by atoms with Crippen LogP contribution in [-0.2, 0) is 9.59 Å². The van der Waals surface area contributed by atoms with Crippen LogP contribution in [0, 0.1) is 23.4 Å². The fraction of sp³-hybridized carbons (Fsp3) is 0.619. The van der Waals surface area contributed by atoms with E-state index in [9.17, 15) is 22.8 Å². The highest BCUT2D eigenvalue weighted by Gasteiger charge is 2.27. The zero-order valence-electron chi connectivity index (χ0n) is 17.8. The van der Waals surface area contributed by atoms with Crippen LogP contribution >= 0.6 is 0 Å². The number of nitrogens with zero attached hydrogens (tertiary/aromatic N) is 2. The van der Waals surface area contributed by atoms with Gasteiger partial charge in [-0.2, -0.15) is 0 Å². The van der Waals surface area contributed by atoms with Crippen molar-refractivity contribution in [1.29, 1.82) is 0 Å². The molecule has 1 aromatic carbocycles. The third-order valence-corrected chi connectivity index (χ3v) is 5.72. The predicted molar refractivity (Wildman–Crippen MR) is 110 cm³/mol. The van der Waals surface area contributed by atoms with E-state index < -0.39 is 35.1 Å². The van der Waals surface area contributed by atoms with E-state index in [-0.39, 0.29) is 12.5 Å². The van der Waals surface area contributed by atoms with Crippen molar-refractivity contribution in [3.63, 3.8) is 0 Å². The van der Waals surface area contributed by atoms with Gasteiger partial charge >= 0.3 is 0 Å². The molecule has 30 heavy (non-hydrogen) atoms. The average Bonchev–Trinajstić information content (AvgIpc) is 2.76. The van der Waals surface area contributed by atoms with Gasteiger partial charge in [-0.05, 0) is 64.0 Å². The van der Waals surface area contributed by atoms with Crippen LogP contribution in [0.5, 0.6) is 0 Å². The Kier molecular flexibility index (Phi) is 9.10. The Bertz CT molecular complexity index is 735. The number of benzene rings is 1. The third kappa shape index (κ3) is 6.43. The van der Waals surface area contributed by atoms with Gasteiger partial charge in [-0.3, -0.25) is 14.5 Å². The van der Waals surface area contributed by atoms with Gasteiger partial charge in [0, 0.05) is 6.54 Å². The molecule has 2 N–H and O–H groups in total. The maximum Gasteiger partial charge on any atom is 0.243 e. The van der Waals surface area contributed by atoms with Crippen LogP contribution in [0.4, 0.5) is 18.9 Å². The first-order valence-corrected chi connectivity index (χ1v) is 10.4. The lowest BCUT2D eigenvalue weighted by molar-refractivity contribution is -0.128. The second kappa shape index (κ2) is 11.3. The molecular formula is C21H31F3N4O2. The van der Waals surface area contributed by atoms with Crippen molar-refractivity contribution in [2.45, 2.75) is 39.7 Å². The summed E-state index contributed by atoms with van der Waals surface area (Å²) in [6, 6.07) is 1.25. The van der Waals surface area contributed by atoms with E-state index >= 15 is 0 Å². The Morgan fingerprint density at radius 2 is 1.77 bits per heavy atom. The normalized spacial score (nSPS) is 16.5. The summed E-state index contributed by atoms with van der Waals surface area (Å²) in [4.78, 5) is 28.8.